The number of rotatable bonds is 0. The van der Waals surface area contributed by atoms with Crippen LogP contribution in [0.25, 0.3) is 0 Å². The number of hydrogen-bond donors (Lipinski definition) is 1. The van der Waals surface area contributed by atoms with E-state index in [2.05, 4.69) is 12.2 Å². The molecule has 0 aliphatic carbocycles. The van der Waals surface area contributed by atoms with Crippen LogP contribution in [0.15, 0.2) is 0 Å². The van der Waals surface area contributed by atoms with E-state index in [4.69, 9.17) is 9.47 Å². The van der Waals surface area contributed by atoms with E-state index in [0.29, 0.717) is 6.10 Å². The molecule has 2 aliphatic rings. The van der Waals surface area contributed by atoms with Crippen molar-refractivity contribution in [1.82, 2.24) is 5.32 Å². The highest BCUT2D eigenvalue weighted by molar-refractivity contribution is 4.90. The summed E-state index contributed by atoms with van der Waals surface area (Å²) in [6.07, 6.45) is 2.61. The van der Waals surface area contributed by atoms with Gasteiger partial charge in [-0.3, -0.25) is 0 Å². The van der Waals surface area contributed by atoms with Crippen LogP contribution in [-0.2, 0) is 9.47 Å². The third-order valence-electron chi connectivity index (χ3n) is 2.62. The van der Waals surface area contributed by atoms with E-state index in [1.165, 1.54) is 0 Å². The first-order valence-corrected chi connectivity index (χ1v) is 4.77. The molecule has 3 heteroatoms. The van der Waals surface area contributed by atoms with Gasteiger partial charge in [0.2, 0.25) is 0 Å². The molecule has 2 atom stereocenters. The molecule has 0 aromatic heterocycles. The fraction of sp³-hybridized carbons (Fsp3) is 1.00. The third kappa shape index (κ3) is 1.63. The van der Waals surface area contributed by atoms with Crippen LogP contribution in [0.1, 0.15) is 19.8 Å². The zero-order valence-electron chi connectivity index (χ0n) is 7.64. The normalized spacial score (nSPS) is 43.2. The predicted octanol–water partition coefficient (Wildman–Crippen LogP) is 0.544. The second-order valence-corrected chi connectivity index (χ2v) is 3.90. The van der Waals surface area contributed by atoms with E-state index in [1.54, 1.807) is 0 Å². The number of ether oxygens (including phenoxy) is 2. The van der Waals surface area contributed by atoms with Crippen LogP contribution in [0.3, 0.4) is 0 Å². The molecule has 70 valence electrons. The van der Waals surface area contributed by atoms with Crippen LogP contribution in [0.4, 0.5) is 0 Å². The average molecular weight is 171 g/mol. The van der Waals surface area contributed by atoms with E-state index < -0.39 is 0 Å². The van der Waals surface area contributed by atoms with Crippen molar-refractivity contribution in [3.8, 4) is 0 Å². The van der Waals surface area contributed by atoms with Crippen molar-refractivity contribution < 1.29 is 9.47 Å². The molecular weight excluding hydrogens is 154 g/mol. The Bertz CT molecular complexity index is 149. The topological polar surface area (TPSA) is 30.5 Å². The fourth-order valence-corrected chi connectivity index (χ4v) is 2.07. The predicted molar refractivity (Wildman–Crippen MR) is 46.2 cm³/mol. The lowest BCUT2D eigenvalue weighted by Crippen LogP contribution is -2.57. The quantitative estimate of drug-likeness (QED) is 0.577. The molecule has 0 unspecified atom stereocenters. The second-order valence-electron chi connectivity index (χ2n) is 3.90. The first kappa shape index (κ1) is 8.48. The summed E-state index contributed by atoms with van der Waals surface area (Å²) in [6, 6.07) is 0. The molecule has 0 aromatic rings. The van der Waals surface area contributed by atoms with Crippen molar-refractivity contribution in [1.29, 1.82) is 0 Å². The van der Waals surface area contributed by atoms with Crippen LogP contribution in [0, 0.1) is 0 Å². The molecule has 2 aliphatic heterocycles. The first-order chi connectivity index (χ1) is 5.81. The highest BCUT2D eigenvalue weighted by atomic mass is 16.6. The summed E-state index contributed by atoms with van der Waals surface area (Å²) in [5, 5.41) is 3.39. The SMILES string of the molecule is C[C@@H]1CNC[C@]2(CCCOC2)O1. The Hall–Kier alpha value is -0.120. The van der Waals surface area contributed by atoms with Crippen molar-refractivity contribution in [3.05, 3.63) is 0 Å². The lowest BCUT2D eigenvalue weighted by molar-refractivity contribution is -0.167. The Balaban J connectivity index is 1.97. The van der Waals surface area contributed by atoms with E-state index >= 15 is 0 Å². The molecule has 0 amide bonds. The van der Waals surface area contributed by atoms with Crippen LogP contribution in [-0.4, -0.2) is 38.0 Å². The van der Waals surface area contributed by atoms with Crippen LogP contribution < -0.4 is 5.32 Å². The molecule has 1 N–H and O–H groups in total. The van der Waals surface area contributed by atoms with E-state index in [1.807, 2.05) is 0 Å². The minimum atomic E-state index is -0.00405. The third-order valence-corrected chi connectivity index (χ3v) is 2.62. The van der Waals surface area contributed by atoms with Crippen molar-refractivity contribution in [3.63, 3.8) is 0 Å². The maximum atomic E-state index is 5.93. The first-order valence-electron chi connectivity index (χ1n) is 4.77. The van der Waals surface area contributed by atoms with Crippen molar-refractivity contribution >= 4 is 0 Å². The van der Waals surface area contributed by atoms with Gasteiger partial charge in [0.05, 0.1) is 12.7 Å². The second kappa shape index (κ2) is 3.32. The van der Waals surface area contributed by atoms with E-state index in [0.717, 1.165) is 39.1 Å². The Morgan fingerprint density at radius 3 is 3.08 bits per heavy atom. The molecule has 0 radical (unpaired) electrons. The Morgan fingerprint density at radius 2 is 2.42 bits per heavy atom. The number of hydrogen-bond acceptors (Lipinski definition) is 3. The van der Waals surface area contributed by atoms with Gasteiger partial charge >= 0.3 is 0 Å². The summed E-state index contributed by atoms with van der Waals surface area (Å²) < 4.78 is 11.4. The van der Waals surface area contributed by atoms with Gasteiger partial charge in [-0.05, 0) is 19.8 Å². The maximum absolute atomic E-state index is 5.93. The van der Waals surface area contributed by atoms with Gasteiger partial charge in [0, 0.05) is 19.7 Å². The highest BCUT2D eigenvalue weighted by Crippen LogP contribution is 2.26. The van der Waals surface area contributed by atoms with Gasteiger partial charge in [0.15, 0.2) is 0 Å². The lowest BCUT2D eigenvalue weighted by Gasteiger charge is -2.42. The molecule has 3 nitrogen and oxygen atoms in total. The molecule has 1 spiro atoms. The largest absolute Gasteiger partial charge is 0.378 e. The molecule has 2 saturated heterocycles. The monoisotopic (exact) mass is 171 g/mol. The average Bonchev–Trinajstić information content (AvgIpc) is 2.05. The van der Waals surface area contributed by atoms with Gasteiger partial charge in [-0.1, -0.05) is 0 Å². The molecule has 0 aromatic carbocycles. The summed E-state index contributed by atoms with van der Waals surface area (Å²) in [5.41, 5.74) is -0.00405. The van der Waals surface area contributed by atoms with Gasteiger partial charge in [-0.15, -0.1) is 0 Å². The lowest BCUT2D eigenvalue weighted by atomic mass is 9.94. The van der Waals surface area contributed by atoms with Gasteiger partial charge < -0.3 is 14.8 Å². The van der Waals surface area contributed by atoms with Crippen LogP contribution in [0.5, 0.6) is 0 Å². The maximum Gasteiger partial charge on any atom is 0.104 e. The Kier molecular flexibility index (Phi) is 2.35. The molecular formula is C9H17NO2. The fourth-order valence-electron chi connectivity index (χ4n) is 2.07. The van der Waals surface area contributed by atoms with Crippen LogP contribution >= 0.6 is 0 Å². The van der Waals surface area contributed by atoms with Crippen molar-refractivity contribution in [2.45, 2.75) is 31.5 Å². The summed E-state index contributed by atoms with van der Waals surface area (Å²) in [6.45, 7) is 5.71. The molecule has 2 fully saturated rings. The molecule has 12 heavy (non-hydrogen) atoms. The smallest absolute Gasteiger partial charge is 0.104 e. The van der Waals surface area contributed by atoms with Gasteiger partial charge in [-0.2, -0.15) is 0 Å². The Labute approximate surface area is 73.4 Å². The van der Waals surface area contributed by atoms with Crippen LogP contribution in [0.2, 0.25) is 0 Å². The van der Waals surface area contributed by atoms with E-state index in [9.17, 15) is 0 Å². The summed E-state index contributed by atoms with van der Waals surface area (Å²) in [4.78, 5) is 0. The summed E-state index contributed by atoms with van der Waals surface area (Å²) in [7, 11) is 0. The molecule has 2 rings (SSSR count). The standard InChI is InChI=1S/C9H17NO2/c1-8-5-10-6-9(12-8)3-2-4-11-7-9/h8,10H,2-7H2,1H3/t8-,9+/m1/s1. The minimum absolute atomic E-state index is 0.00405. The highest BCUT2D eigenvalue weighted by Gasteiger charge is 2.37. The number of nitrogens with one attached hydrogen (secondary N) is 1. The van der Waals surface area contributed by atoms with Crippen molar-refractivity contribution in [2.75, 3.05) is 26.3 Å². The summed E-state index contributed by atoms with van der Waals surface area (Å²) in [5.74, 6) is 0. The van der Waals surface area contributed by atoms with Gasteiger partial charge in [-0.25, -0.2) is 0 Å². The zero-order chi connectivity index (χ0) is 8.44. The van der Waals surface area contributed by atoms with Gasteiger partial charge in [0.1, 0.15) is 5.60 Å². The van der Waals surface area contributed by atoms with E-state index in [-0.39, 0.29) is 5.60 Å². The van der Waals surface area contributed by atoms with Crippen molar-refractivity contribution in [2.24, 2.45) is 0 Å². The van der Waals surface area contributed by atoms with Gasteiger partial charge in [0.25, 0.3) is 0 Å². The summed E-state index contributed by atoms with van der Waals surface area (Å²) >= 11 is 0. The number of morpholine rings is 1. The zero-order valence-corrected chi connectivity index (χ0v) is 7.64. The molecule has 0 saturated carbocycles. The minimum Gasteiger partial charge on any atom is -0.378 e. The Morgan fingerprint density at radius 1 is 1.50 bits per heavy atom. The molecule has 2 heterocycles. The molecule has 0 bridgehead atoms.